The molecule has 0 spiro atoms. The molecule has 0 aliphatic carbocycles. The van der Waals surface area contributed by atoms with Crippen molar-refractivity contribution >= 4 is 27.8 Å². The Morgan fingerprint density at radius 1 is 0.880 bits per heavy atom. The van der Waals surface area contributed by atoms with E-state index in [2.05, 4.69) is 12.1 Å². The third-order valence-corrected chi connectivity index (χ3v) is 4.34. The summed E-state index contributed by atoms with van der Waals surface area (Å²) >= 11 is 0. The molecule has 3 aromatic carbocycles. The van der Waals surface area contributed by atoms with Crippen molar-refractivity contribution in [1.29, 1.82) is 0 Å². The molecule has 25 heavy (non-hydrogen) atoms. The van der Waals surface area contributed by atoms with Crippen LogP contribution < -0.4 is 4.84 Å². The second-order valence-electron chi connectivity index (χ2n) is 5.89. The van der Waals surface area contributed by atoms with E-state index in [-0.39, 0.29) is 0 Å². The fourth-order valence-corrected chi connectivity index (χ4v) is 3.20. The lowest BCUT2D eigenvalue weighted by Gasteiger charge is -2.10. The van der Waals surface area contributed by atoms with Gasteiger partial charge in [0.25, 0.3) is 0 Å². The normalized spacial score (nSPS) is 11.0. The Hall–Kier alpha value is -3.27. The van der Waals surface area contributed by atoms with Gasteiger partial charge in [0.1, 0.15) is 6.61 Å². The first-order chi connectivity index (χ1) is 12.3. The van der Waals surface area contributed by atoms with Gasteiger partial charge in [0.05, 0.1) is 16.6 Å². The zero-order valence-corrected chi connectivity index (χ0v) is 13.6. The molecule has 4 heteroatoms. The number of fused-ring (bicyclic) bond motifs is 3. The number of hydrogen-bond donors (Lipinski definition) is 1. The Labute approximate surface area is 144 Å². The summed E-state index contributed by atoms with van der Waals surface area (Å²) in [6.07, 6.45) is 0.785. The molecule has 0 unspecified atom stereocenters. The zero-order valence-electron chi connectivity index (χ0n) is 13.6. The zero-order chi connectivity index (χ0) is 17.2. The van der Waals surface area contributed by atoms with Crippen molar-refractivity contribution in [2.24, 2.45) is 0 Å². The summed E-state index contributed by atoms with van der Waals surface area (Å²) in [6, 6.07) is 23.1. The minimum atomic E-state index is -0.933. The van der Waals surface area contributed by atoms with E-state index < -0.39 is 5.97 Å². The van der Waals surface area contributed by atoms with Crippen LogP contribution in [0.3, 0.4) is 0 Å². The number of rotatable bonds is 5. The van der Waals surface area contributed by atoms with Gasteiger partial charge in [-0.3, -0.25) is 0 Å². The standard InChI is InChI=1S/C21H17NO3/c23-21(24)17-10-6-12-19-20(17)16-9-4-5-11-18(16)22(19)25-14-13-15-7-2-1-3-8-15/h1-12H,13-14H2,(H,23,24). The average molecular weight is 331 g/mol. The molecule has 4 nitrogen and oxygen atoms in total. The maximum atomic E-state index is 11.6. The van der Waals surface area contributed by atoms with E-state index in [1.165, 1.54) is 5.56 Å². The summed E-state index contributed by atoms with van der Waals surface area (Å²) in [6.45, 7) is 0.509. The van der Waals surface area contributed by atoms with Crippen molar-refractivity contribution < 1.29 is 14.7 Å². The molecule has 0 aliphatic heterocycles. The van der Waals surface area contributed by atoms with Crippen molar-refractivity contribution in [2.75, 3.05) is 6.61 Å². The summed E-state index contributed by atoms with van der Waals surface area (Å²) < 4.78 is 1.75. The molecule has 4 aromatic rings. The first kappa shape index (κ1) is 15.3. The van der Waals surface area contributed by atoms with Gasteiger partial charge in [0.15, 0.2) is 0 Å². The highest BCUT2D eigenvalue weighted by Crippen LogP contribution is 2.30. The van der Waals surface area contributed by atoms with E-state index in [0.717, 1.165) is 22.8 Å². The Morgan fingerprint density at radius 2 is 1.60 bits per heavy atom. The third kappa shape index (κ3) is 2.72. The molecule has 0 amide bonds. The Balaban J connectivity index is 1.77. The lowest BCUT2D eigenvalue weighted by Crippen LogP contribution is -2.14. The van der Waals surface area contributed by atoms with Crippen molar-refractivity contribution in [2.45, 2.75) is 6.42 Å². The van der Waals surface area contributed by atoms with Gasteiger partial charge in [-0.05, 0) is 23.8 Å². The van der Waals surface area contributed by atoms with Crippen LogP contribution in [0.4, 0.5) is 0 Å². The first-order valence-corrected chi connectivity index (χ1v) is 8.18. The summed E-state index contributed by atoms with van der Waals surface area (Å²) in [5.41, 5.74) is 3.14. The fourth-order valence-electron chi connectivity index (χ4n) is 3.20. The van der Waals surface area contributed by atoms with Gasteiger partial charge in [-0.2, -0.15) is 4.73 Å². The molecule has 4 rings (SSSR count). The number of carboxylic acids is 1. The average Bonchev–Trinajstić information content (AvgIpc) is 2.97. The smallest absolute Gasteiger partial charge is 0.336 e. The summed E-state index contributed by atoms with van der Waals surface area (Å²) in [5, 5.41) is 11.1. The summed E-state index contributed by atoms with van der Waals surface area (Å²) in [7, 11) is 0. The molecule has 0 saturated heterocycles. The van der Waals surface area contributed by atoms with Gasteiger partial charge in [0.2, 0.25) is 0 Å². The van der Waals surface area contributed by atoms with E-state index >= 15 is 0 Å². The van der Waals surface area contributed by atoms with Gasteiger partial charge in [-0.1, -0.05) is 54.6 Å². The van der Waals surface area contributed by atoms with Gasteiger partial charge in [-0.15, -0.1) is 0 Å². The van der Waals surface area contributed by atoms with Crippen LogP contribution in [0.15, 0.2) is 72.8 Å². The lowest BCUT2D eigenvalue weighted by atomic mass is 10.1. The number of carbonyl (C=O) groups is 1. The molecule has 1 aromatic heterocycles. The number of carboxylic acid groups (broad SMARTS) is 1. The quantitative estimate of drug-likeness (QED) is 0.597. The van der Waals surface area contributed by atoms with Crippen LogP contribution in [0, 0.1) is 0 Å². The number of para-hydroxylation sites is 1. The van der Waals surface area contributed by atoms with E-state index in [0.29, 0.717) is 17.6 Å². The molecule has 0 atom stereocenters. The molecule has 0 aliphatic rings. The van der Waals surface area contributed by atoms with Gasteiger partial charge < -0.3 is 9.94 Å². The van der Waals surface area contributed by atoms with Crippen LogP contribution in [0.2, 0.25) is 0 Å². The summed E-state index contributed by atoms with van der Waals surface area (Å²) in [5.74, 6) is -0.933. The molecule has 1 heterocycles. The number of hydrogen-bond acceptors (Lipinski definition) is 2. The van der Waals surface area contributed by atoms with Crippen LogP contribution >= 0.6 is 0 Å². The molecular formula is C21H17NO3. The van der Waals surface area contributed by atoms with Crippen LogP contribution in [0.1, 0.15) is 15.9 Å². The van der Waals surface area contributed by atoms with Crippen molar-refractivity contribution in [3.8, 4) is 0 Å². The van der Waals surface area contributed by atoms with E-state index in [9.17, 15) is 9.90 Å². The van der Waals surface area contributed by atoms with Crippen LogP contribution in [0.25, 0.3) is 21.8 Å². The second-order valence-corrected chi connectivity index (χ2v) is 5.89. The minimum absolute atomic E-state index is 0.291. The van der Waals surface area contributed by atoms with Crippen LogP contribution in [0.5, 0.6) is 0 Å². The highest BCUT2D eigenvalue weighted by Gasteiger charge is 2.17. The molecule has 0 saturated carbocycles. The van der Waals surface area contributed by atoms with E-state index in [1.54, 1.807) is 16.9 Å². The van der Waals surface area contributed by atoms with E-state index in [1.807, 2.05) is 48.5 Å². The summed E-state index contributed by atoms with van der Waals surface area (Å²) in [4.78, 5) is 17.7. The van der Waals surface area contributed by atoms with Gasteiger partial charge >= 0.3 is 5.97 Å². The maximum absolute atomic E-state index is 11.6. The minimum Gasteiger partial charge on any atom is -0.478 e. The highest BCUT2D eigenvalue weighted by atomic mass is 16.7. The number of nitrogens with zero attached hydrogens (tertiary/aromatic N) is 1. The van der Waals surface area contributed by atoms with Gasteiger partial charge in [0, 0.05) is 17.2 Å². The number of aromatic nitrogens is 1. The molecule has 124 valence electrons. The first-order valence-electron chi connectivity index (χ1n) is 8.18. The topological polar surface area (TPSA) is 51.5 Å². The number of benzene rings is 3. The highest BCUT2D eigenvalue weighted by molar-refractivity contribution is 6.16. The van der Waals surface area contributed by atoms with Crippen molar-refractivity contribution in [3.05, 3.63) is 83.9 Å². The van der Waals surface area contributed by atoms with Crippen molar-refractivity contribution in [3.63, 3.8) is 0 Å². The van der Waals surface area contributed by atoms with Crippen LogP contribution in [-0.2, 0) is 6.42 Å². The van der Waals surface area contributed by atoms with E-state index in [4.69, 9.17) is 4.84 Å². The lowest BCUT2D eigenvalue weighted by molar-refractivity contribution is 0.0699. The monoisotopic (exact) mass is 331 g/mol. The Morgan fingerprint density at radius 3 is 2.40 bits per heavy atom. The molecule has 0 radical (unpaired) electrons. The van der Waals surface area contributed by atoms with Crippen LogP contribution in [-0.4, -0.2) is 22.4 Å². The molecule has 0 bridgehead atoms. The Bertz CT molecular complexity index is 1050. The van der Waals surface area contributed by atoms with Gasteiger partial charge in [-0.25, -0.2) is 4.79 Å². The largest absolute Gasteiger partial charge is 0.478 e. The second kappa shape index (κ2) is 6.32. The predicted molar refractivity (Wildman–Crippen MR) is 98.0 cm³/mol. The maximum Gasteiger partial charge on any atom is 0.336 e. The molecule has 1 N–H and O–H groups in total. The predicted octanol–water partition coefficient (Wildman–Crippen LogP) is 4.16. The molecular weight excluding hydrogens is 314 g/mol. The SMILES string of the molecule is O=C(O)c1cccc2c1c1ccccc1n2OCCc1ccccc1. The third-order valence-electron chi connectivity index (χ3n) is 4.34. The Kier molecular flexibility index (Phi) is 3.86. The number of aromatic carboxylic acids is 1. The molecule has 0 fully saturated rings. The fraction of sp³-hybridized carbons (Fsp3) is 0.0952. The van der Waals surface area contributed by atoms with Crippen molar-refractivity contribution in [1.82, 2.24) is 4.73 Å².